The van der Waals surface area contributed by atoms with Crippen molar-refractivity contribution in [3.05, 3.63) is 51.7 Å². The van der Waals surface area contributed by atoms with Crippen molar-refractivity contribution >= 4 is 37.5 Å². The van der Waals surface area contributed by atoms with E-state index >= 15 is 0 Å². The molecule has 1 aliphatic rings. The number of hydrogen-bond acceptors (Lipinski definition) is 4. The van der Waals surface area contributed by atoms with Crippen molar-refractivity contribution in [2.45, 2.75) is 23.7 Å². The lowest BCUT2D eigenvalue weighted by Gasteiger charge is -2.14. The number of hydrogen-bond donors (Lipinski definition) is 3. The Balaban J connectivity index is 2.05. The number of benzene rings is 2. The summed E-state index contributed by atoms with van der Waals surface area (Å²) in [6, 6.07) is 6.54. The summed E-state index contributed by atoms with van der Waals surface area (Å²) < 4.78 is 42.6. The number of sulfonamides is 1. The number of amides is 1. The standard InChI is InChI=1S/C17H16BrFN2O4S/c1-20-17(23)13-8-11(7-12(16(13)19)9-2-3-9)21-26(24,25)15-6-10(18)4-5-14(15)22/h4-9,21-22H,2-3H2,1H3,(H,20,23). The summed E-state index contributed by atoms with van der Waals surface area (Å²) in [7, 11) is -2.76. The molecule has 1 fully saturated rings. The Morgan fingerprint density at radius 1 is 1.27 bits per heavy atom. The van der Waals surface area contributed by atoms with Crippen LogP contribution in [0.25, 0.3) is 0 Å². The van der Waals surface area contributed by atoms with E-state index in [-0.39, 0.29) is 22.1 Å². The van der Waals surface area contributed by atoms with Crippen molar-refractivity contribution in [1.29, 1.82) is 0 Å². The fourth-order valence-corrected chi connectivity index (χ4v) is 4.29. The Kier molecular flexibility index (Phi) is 4.94. The van der Waals surface area contributed by atoms with Crippen molar-refractivity contribution in [3.63, 3.8) is 0 Å². The molecule has 2 aromatic rings. The minimum absolute atomic E-state index is 0.0258. The van der Waals surface area contributed by atoms with Crippen LogP contribution in [0.15, 0.2) is 39.7 Å². The number of carbonyl (C=O) groups excluding carboxylic acids is 1. The summed E-state index contributed by atoms with van der Waals surface area (Å²) in [6.45, 7) is 0. The van der Waals surface area contributed by atoms with Crippen molar-refractivity contribution in [1.82, 2.24) is 5.32 Å². The Morgan fingerprint density at radius 3 is 2.58 bits per heavy atom. The molecule has 138 valence electrons. The van der Waals surface area contributed by atoms with Gasteiger partial charge in [0.15, 0.2) is 0 Å². The first-order chi connectivity index (χ1) is 12.2. The minimum Gasteiger partial charge on any atom is -0.507 e. The van der Waals surface area contributed by atoms with E-state index in [2.05, 4.69) is 26.0 Å². The number of carbonyl (C=O) groups is 1. The third-order valence-electron chi connectivity index (χ3n) is 4.05. The fraction of sp³-hybridized carbons (Fsp3) is 0.235. The highest BCUT2D eigenvalue weighted by molar-refractivity contribution is 9.10. The summed E-state index contributed by atoms with van der Waals surface area (Å²) >= 11 is 3.16. The van der Waals surface area contributed by atoms with Gasteiger partial charge < -0.3 is 10.4 Å². The van der Waals surface area contributed by atoms with Crippen LogP contribution in [-0.2, 0) is 10.0 Å². The van der Waals surface area contributed by atoms with Gasteiger partial charge in [0.2, 0.25) is 0 Å². The van der Waals surface area contributed by atoms with E-state index in [1.807, 2.05) is 0 Å². The molecule has 9 heteroatoms. The Hall–Kier alpha value is -2.13. The SMILES string of the molecule is CNC(=O)c1cc(NS(=O)(=O)c2cc(Br)ccc2O)cc(C2CC2)c1F. The van der Waals surface area contributed by atoms with Gasteiger partial charge in [-0.05, 0) is 54.7 Å². The lowest BCUT2D eigenvalue weighted by molar-refractivity contribution is 0.0959. The van der Waals surface area contributed by atoms with Crippen LogP contribution in [0.5, 0.6) is 5.75 Å². The summed E-state index contributed by atoms with van der Waals surface area (Å²) in [6.07, 6.45) is 1.57. The lowest BCUT2D eigenvalue weighted by atomic mass is 10.0. The van der Waals surface area contributed by atoms with Crippen LogP contribution in [0.4, 0.5) is 10.1 Å². The molecule has 0 aromatic heterocycles. The first-order valence-electron chi connectivity index (χ1n) is 7.80. The third-order valence-corrected chi connectivity index (χ3v) is 5.96. The first kappa shape index (κ1) is 18.7. The summed E-state index contributed by atoms with van der Waals surface area (Å²) in [5, 5.41) is 12.2. The molecular formula is C17H16BrFN2O4S. The number of anilines is 1. The van der Waals surface area contributed by atoms with Gasteiger partial charge in [-0.25, -0.2) is 12.8 Å². The fourth-order valence-electron chi connectivity index (χ4n) is 2.61. The molecule has 0 bridgehead atoms. The molecule has 3 rings (SSSR count). The Labute approximate surface area is 158 Å². The van der Waals surface area contributed by atoms with E-state index in [0.717, 1.165) is 18.9 Å². The van der Waals surface area contributed by atoms with Gasteiger partial charge in [-0.2, -0.15) is 0 Å². The van der Waals surface area contributed by atoms with Gasteiger partial charge in [0.1, 0.15) is 16.5 Å². The molecule has 0 spiro atoms. The van der Waals surface area contributed by atoms with Crippen LogP contribution >= 0.6 is 15.9 Å². The zero-order valence-electron chi connectivity index (χ0n) is 13.7. The molecule has 1 amide bonds. The predicted octanol–water partition coefficient (Wildman–Crippen LogP) is 3.33. The smallest absolute Gasteiger partial charge is 0.265 e. The molecule has 2 aromatic carbocycles. The number of phenolic OH excluding ortho intramolecular Hbond substituents is 1. The maximum absolute atomic E-state index is 14.6. The predicted molar refractivity (Wildman–Crippen MR) is 98.4 cm³/mol. The number of phenols is 1. The van der Waals surface area contributed by atoms with Gasteiger partial charge in [-0.3, -0.25) is 9.52 Å². The monoisotopic (exact) mass is 442 g/mol. The van der Waals surface area contributed by atoms with Crippen LogP contribution in [0.2, 0.25) is 0 Å². The van der Waals surface area contributed by atoms with Gasteiger partial charge in [0.25, 0.3) is 15.9 Å². The van der Waals surface area contributed by atoms with Crippen LogP contribution < -0.4 is 10.0 Å². The molecule has 3 N–H and O–H groups in total. The average Bonchev–Trinajstić information content (AvgIpc) is 3.42. The second kappa shape index (κ2) is 6.88. The Morgan fingerprint density at radius 2 is 1.96 bits per heavy atom. The second-order valence-electron chi connectivity index (χ2n) is 6.00. The first-order valence-corrected chi connectivity index (χ1v) is 10.1. The van der Waals surface area contributed by atoms with Gasteiger partial charge in [-0.15, -0.1) is 0 Å². The maximum atomic E-state index is 14.6. The van der Waals surface area contributed by atoms with E-state index in [1.54, 1.807) is 0 Å². The van der Waals surface area contributed by atoms with E-state index in [0.29, 0.717) is 10.0 Å². The van der Waals surface area contributed by atoms with E-state index < -0.39 is 27.5 Å². The van der Waals surface area contributed by atoms with Crippen molar-refractivity contribution in [2.24, 2.45) is 0 Å². The molecule has 0 aliphatic heterocycles. The van der Waals surface area contributed by atoms with Crippen molar-refractivity contribution < 1.29 is 22.7 Å². The van der Waals surface area contributed by atoms with Crippen molar-refractivity contribution in [2.75, 3.05) is 11.8 Å². The normalized spacial score (nSPS) is 14.1. The number of rotatable bonds is 5. The molecule has 0 saturated heterocycles. The molecule has 1 saturated carbocycles. The number of nitrogens with one attached hydrogen (secondary N) is 2. The van der Waals surface area contributed by atoms with E-state index in [9.17, 15) is 22.7 Å². The van der Waals surface area contributed by atoms with Crippen LogP contribution in [0, 0.1) is 5.82 Å². The summed E-state index contributed by atoms with van der Waals surface area (Å²) in [5.74, 6) is -1.73. The summed E-state index contributed by atoms with van der Waals surface area (Å²) in [4.78, 5) is 11.6. The molecule has 6 nitrogen and oxygen atoms in total. The largest absolute Gasteiger partial charge is 0.507 e. The molecule has 1 aliphatic carbocycles. The zero-order chi connectivity index (χ0) is 19.1. The molecule has 0 radical (unpaired) electrons. The second-order valence-corrected chi connectivity index (χ2v) is 8.56. The summed E-state index contributed by atoms with van der Waals surface area (Å²) in [5.41, 5.74) is 0.140. The van der Waals surface area contributed by atoms with Gasteiger partial charge in [0, 0.05) is 11.5 Å². The van der Waals surface area contributed by atoms with Gasteiger partial charge in [-0.1, -0.05) is 15.9 Å². The minimum atomic E-state index is -4.13. The van der Waals surface area contributed by atoms with Crippen LogP contribution in [0.1, 0.15) is 34.7 Å². The zero-order valence-corrected chi connectivity index (χ0v) is 16.1. The highest BCUT2D eigenvalue weighted by Crippen LogP contribution is 2.43. The molecule has 0 heterocycles. The maximum Gasteiger partial charge on any atom is 0.265 e. The lowest BCUT2D eigenvalue weighted by Crippen LogP contribution is -2.21. The average molecular weight is 443 g/mol. The number of halogens is 2. The van der Waals surface area contributed by atoms with Gasteiger partial charge in [0.05, 0.1) is 11.3 Å². The Bertz CT molecular complexity index is 990. The quantitative estimate of drug-likeness (QED) is 0.661. The molecule has 0 unspecified atom stereocenters. The van der Waals surface area contributed by atoms with E-state index in [4.69, 9.17) is 0 Å². The highest BCUT2D eigenvalue weighted by atomic mass is 79.9. The molecular weight excluding hydrogens is 427 g/mol. The van der Waals surface area contributed by atoms with Gasteiger partial charge >= 0.3 is 0 Å². The van der Waals surface area contributed by atoms with Crippen molar-refractivity contribution in [3.8, 4) is 5.75 Å². The van der Waals surface area contributed by atoms with Crippen LogP contribution in [-0.4, -0.2) is 26.5 Å². The van der Waals surface area contributed by atoms with Crippen LogP contribution in [0.3, 0.4) is 0 Å². The van der Waals surface area contributed by atoms with E-state index in [1.165, 1.54) is 31.3 Å². The topological polar surface area (TPSA) is 95.5 Å². The third kappa shape index (κ3) is 3.68. The highest BCUT2D eigenvalue weighted by Gasteiger charge is 2.30. The molecule has 26 heavy (non-hydrogen) atoms. The number of aromatic hydroxyl groups is 1. The molecule has 0 atom stereocenters.